The standard InChI is InChI=1S/C19H20N4O4/c20-18(24)15-3-2-14(10-21-15)19(25)23-7-5-22(6-8-23)11-13-1-4-16-17(9-13)27-12-26-16/h1-4,9-10H,5-8,11-12H2,(H2,20,24). The van der Waals surface area contributed by atoms with E-state index in [-0.39, 0.29) is 18.4 Å². The van der Waals surface area contributed by atoms with Gasteiger partial charge in [-0.05, 0) is 29.8 Å². The molecule has 0 unspecified atom stereocenters. The molecule has 0 atom stereocenters. The number of carbonyl (C=O) groups is 2. The molecule has 4 rings (SSSR count). The Morgan fingerprint density at radius 1 is 1.04 bits per heavy atom. The van der Waals surface area contributed by atoms with Crippen molar-refractivity contribution >= 4 is 11.8 Å². The zero-order chi connectivity index (χ0) is 18.8. The second-order valence-electron chi connectivity index (χ2n) is 6.55. The third-order valence-electron chi connectivity index (χ3n) is 4.77. The fraction of sp³-hybridized carbons (Fsp3) is 0.316. The number of fused-ring (bicyclic) bond motifs is 1. The number of hydrogen-bond acceptors (Lipinski definition) is 6. The molecule has 0 radical (unpaired) electrons. The normalized spacial score (nSPS) is 16.4. The zero-order valence-corrected chi connectivity index (χ0v) is 14.8. The lowest BCUT2D eigenvalue weighted by Crippen LogP contribution is -2.48. The van der Waals surface area contributed by atoms with Crippen LogP contribution >= 0.6 is 0 Å². The Labute approximate surface area is 156 Å². The number of piperazine rings is 1. The summed E-state index contributed by atoms with van der Waals surface area (Å²) in [6.07, 6.45) is 1.40. The second-order valence-corrected chi connectivity index (χ2v) is 6.55. The maximum atomic E-state index is 12.6. The highest BCUT2D eigenvalue weighted by atomic mass is 16.7. The monoisotopic (exact) mass is 368 g/mol. The van der Waals surface area contributed by atoms with Crippen molar-refractivity contribution in [2.24, 2.45) is 5.73 Å². The molecule has 1 fully saturated rings. The second kappa shape index (κ2) is 7.24. The molecule has 8 heteroatoms. The molecule has 3 heterocycles. The summed E-state index contributed by atoms with van der Waals surface area (Å²) in [5, 5.41) is 0. The quantitative estimate of drug-likeness (QED) is 0.860. The van der Waals surface area contributed by atoms with Crippen LogP contribution in [-0.4, -0.2) is 59.6 Å². The van der Waals surface area contributed by atoms with E-state index in [1.165, 1.54) is 12.3 Å². The Morgan fingerprint density at radius 3 is 2.52 bits per heavy atom. The van der Waals surface area contributed by atoms with Crippen molar-refractivity contribution < 1.29 is 19.1 Å². The van der Waals surface area contributed by atoms with Crippen LogP contribution in [0.5, 0.6) is 11.5 Å². The molecule has 0 aliphatic carbocycles. The van der Waals surface area contributed by atoms with Crippen LogP contribution in [0.25, 0.3) is 0 Å². The third kappa shape index (κ3) is 3.70. The van der Waals surface area contributed by atoms with E-state index < -0.39 is 5.91 Å². The van der Waals surface area contributed by atoms with Gasteiger partial charge in [-0.25, -0.2) is 0 Å². The highest BCUT2D eigenvalue weighted by Gasteiger charge is 2.23. The van der Waals surface area contributed by atoms with Crippen molar-refractivity contribution in [2.75, 3.05) is 33.0 Å². The van der Waals surface area contributed by atoms with Gasteiger partial charge in [0.05, 0.1) is 5.56 Å². The zero-order valence-electron chi connectivity index (χ0n) is 14.8. The summed E-state index contributed by atoms with van der Waals surface area (Å²) in [5.74, 6) is 0.880. The van der Waals surface area contributed by atoms with Gasteiger partial charge in [-0.2, -0.15) is 0 Å². The maximum Gasteiger partial charge on any atom is 0.267 e. The fourth-order valence-electron chi connectivity index (χ4n) is 3.26. The van der Waals surface area contributed by atoms with Gasteiger partial charge in [-0.1, -0.05) is 6.07 Å². The van der Waals surface area contributed by atoms with Crippen LogP contribution in [0.3, 0.4) is 0 Å². The minimum Gasteiger partial charge on any atom is -0.454 e. The fourth-order valence-corrected chi connectivity index (χ4v) is 3.26. The summed E-state index contributed by atoms with van der Waals surface area (Å²) in [5.41, 5.74) is 6.95. The molecule has 27 heavy (non-hydrogen) atoms. The minimum atomic E-state index is -0.605. The summed E-state index contributed by atoms with van der Waals surface area (Å²) >= 11 is 0. The van der Waals surface area contributed by atoms with Gasteiger partial charge in [-0.15, -0.1) is 0 Å². The number of rotatable bonds is 4. The Morgan fingerprint density at radius 2 is 1.81 bits per heavy atom. The van der Waals surface area contributed by atoms with Gasteiger partial charge in [0.1, 0.15) is 5.69 Å². The number of carbonyl (C=O) groups excluding carboxylic acids is 2. The number of ether oxygens (including phenoxy) is 2. The van der Waals surface area contributed by atoms with Crippen molar-refractivity contribution in [3.05, 3.63) is 53.3 Å². The predicted octanol–water partition coefficient (Wildman–Crippen LogP) is 0.867. The molecule has 140 valence electrons. The van der Waals surface area contributed by atoms with E-state index in [0.29, 0.717) is 18.7 Å². The Bertz CT molecular complexity index is 861. The molecule has 2 aliphatic rings. The average molecular weight is 368 g/mol. The molecule has 1 saturated heterocycles. The molecule has 0 saturated carbocycles. The lowest BCUT2D eigenvalue weighted by molar-refractivity contribution is 0.0627. The van der Waals surface area contributed by atoms with Crippen LogP contribution in [0.1, 0.15) is 26.4 Å². The van der Waals surface area contributed by atoms with Gasteiger partial charge >= 0.3 is 0 Å². The van der Waals surface area contributed by atoms with E-state index in [1.54, 1.807) is 11.0 Å². The lowest BCUT2D eigenvalue weighted by Gasteiger charge is -2.34. The number of nitrogens with two attached hydrogens (primary N) is 1. The summed E-state index contributed by atoms with van der Waals surface area (Å²) in [6, 6.07) is 9.04. The van der Waals surface area contributed by atoms with Gasteiger partial charge < -0.3 is 20.1 Å². The van der Waals surface area contributed by atoms with E-state index in [0.717, 1.165) is 36.7 Å². The first-order valence-electron chi connectivity index (χ1n) is 8.76. The number of primary amides is 1. The van der Waals surface area contributed by atoms with Crippen molar-refractivity contribution in [1.29, 1.82) is 0 Å². The highest BCUT2D eigenvalue weighted by molar-refractivity contribution is 5.95. The summed E-state index contributed by atoms with van der Waals surface area (Å²) in [7, 11) is 0. The van der Waals surface area contributed by atoms with Crippen LogP contribution in [0.4, 0.5) is 0 Å². The molecule has 2 N–H and O–H groups in total. The number of hydrogen-bond donors (Lipinski definition) is 1. The Hall–Kier alpha value is -3.13. The molecule has 1 aromatic heterocycles. The van der Waals surface area contributed by atoms with Crippen molar-refractivity contribution in [3.8, 4) is 11.5 Å². The van der Waals surface area contributed by atoms with Gasteiger partial charge in [0.2, 0.25) is 6.79 Å². The largest absolute Gasteiger partial charge is 0.454 e. The number of nitrogens with zero attached hydrogens (tertiary/aromatic N) is 3. The number of benzene rings is 1. The van der Waals surface area contributed by atoms with E-state index in [4.69, 9.17) is 15.2 Å². The van der Waals surface area contributed by atoms with Crippen molar-refractivity contribution in [2.45, 2.75) is 6.54 Å². The SMILES string of the molecule is NC(=O)c1ccc(C(=O)N2CCN(Cc3ccc4c(c3)OCO4)CC2)cn1. The molecule has 0 bridgehead atoms. The van der Waals surface area contributed by atoms with Crippen LogP contribution in [-0.2, 0) is 6.54 Å². The van der Waals surface area contributed by atoms with E-state index >= 15 is 0 Å². The molecule has 2 aliphatic heterocycles. The van der Waals surface area contributed by atoms with Crippen LogP contribution in [0.15, 0.2) is 36.5 Å². The van der Waals surface area contributed by atoms with E-state index in [1.807, 2.05) is 18.2 Å². The number of pyridine rings is 1. The first kappa shape index (κ1) is 17.3. The first-order chi connectivity index (χ1) is 13.1. The van der Waals surface area contributed by atoms with Gasteiger partial charge in [0, 0.05) is 38.9 Å². The predicted molar refractivity (Wildman–Crippen MR) is 96.5 cm³/mol. The average Bonchev–Trinajstić information content (AvgIpc) is 3.16. The summed E-state index contributed by atoms with van der Waals surface area (Å²) in [6.45, 7) is 3.92. The smallest absolute Gasteiger partial charge is 0.267 e. The van der Waals surface area contributed by atoms with Gasteiger partial charge in [-0.3, -0.25) is 19.5 Å². The first-order valence-corrected chi connectivity index (χ1v) is 8.76. The molecule has 0 spiro atoms. The summed E-state index contributed by atoms with van der Waals surface area (Å²) < 4.78 is 10.8. The Balaban J connectivity index is 1.33. The van der Waals surface area contributed by atoms with Crippen molar-refractivity contribution in [3.63, 3.8) is 0 Å². The van der Waals surface area contributed by atoms with Gasteiger partial charge in [0.15, 0.2) is 11.5 Å². The third-order valence-corrected chi connectivity index (χ3v) is 4.77. The van der Waals surface area contributed by atoms with Gasteiger partial charge in [0.25, 0.3) is 11.8 Å². The minimum absolute atomic E-state index is 0.0822. The van der Waals surface area contributed by atoms with E-state index in [9.17, 15) is 9.59 Å². The topological polar surface area (TPSA) is 98.0 Å². The molecule has 2 aromatic rings. The number of amides is 2. The van der Waals surface area contributed by atoms with Crippen LogP contribution in [0.2, 0.25) is 0 Å². The molecule has 1 aromatic carbocycles. The molecular formula is C19H20N4O4. The molecule has 2 amide bonds. The maximum absolute atomic E-state index is 12.6. The summed E-state index contributed by atoms with van der Waals surface area (Å²) in [4.78, 5) is 31.7. The van der Waals surface area contributed by atoms with E-state index in [2.05, 4.69) is 9.88 Å². The molecule has 8 nitrogen and oxygen atoms in total. The molecular weight excluding hydrogens is 348 g/mol. The van der Waals surface area contributed by atoms with Crippen molar-refractivity contribution in [1.82, 2.24) is 14.8 Å². The Kier molecular flexibility index (Phi) is 4.64. The highest BCUT2D eigenvalue weighted by Crippen LogP contribution is 2.32. The van der Waals surface area contributed by atoms with Crippen LogP contribution < -0.4 is 15.2 Å². The lowest BCUT2D eigenvalue weighted by atomic mass is 10.1. The van der Waals surface area contributed by atoms with Crippen LogP contribution in [0, 0.1) is 0 Å². The number of aromatic nitrogens is 1.